The molecule has 2 heteroatoms. The summed E-state index contributed by atoms with van der Waals surface area (Å²) in [5, 5.41) is 0. The van der Waals surface area contributed by atoms with Gasteiger partial charge in [0.15, 0.2) is 0 Å². The lowest BCUT2D eigenvalue weighted by Gasteiger charge is -2.10. The maximum atomic E-state index is 4.15. The van der Waals surface area contributed by atoms with Gasteiger partial charge in [0.1, 0.15) is 0 Å². The average molecular weight is 226 g/mol. The highest BCUT2D eigenvalue weighted by atomic mass is 14.6. The monoisotopic (exact) mass is 226 g/mol. The van der Waals surface area contributed by atoms with Crippen LogP contribution in [0.2, 0.25) is 0 Å². The van der Waals surface area contributed by atoms with Gasteiger partial charge in [-0.15, -0.1) is 0 Å². The molecular weight excluding hydrogens is 208 g/mol. The zero-order valence-corrected chi connectivity index (χ0v) is 10.2. The highest BCUT2D eigenvalue weighted by Crippen LogP contribution is 2.13. The van der Waals surface area contributed by atoms with Gasteiger partial charge < -0.3 is 0 Å². The van der Waals surface area contributed by atoms with Gasteiger partial charge in [-0.3, -0.25) is 9.97 Å². The molecule has 0 radical (unpaired) electrons. The number of pyridine rings is 2. The van der Waals surface area contributed by atoms with E-state index in [2.05, 4.69) is 35.1 Å². The first-order valence-corrected chi connectivity index (χ1v) is 6.12. The molecule has 88 valence electrons. The molecule has 0 aliphatic heterocycles. The topological polar surface area (TPSA) is 25.8 Å². The summed E-state index contributed by atoms with van der Waals surface area (Å²) < 4.78 is 0. The van der Waals surface area contributed by atoms with Crippen molar-refractivity contribution in [1.29, 1.82) is 0 Å². The Labute approximate surface area is 103 Å². The molecule has 0 fully saturated rings. The van der Waals surface area contributed by atoms with Crippen molar-refractivity contribution >= 4 is 0 Å². The molecule has 0 N–H and O–H groups in total. The Morgan fingerprint density at radius 3 is 2.53 bits per heavy atom. The Bertz CT molecular complexity index is 425. The highest BCUT2D eigenvalue weighted by molar-refractivity contribution is 5.11. The van der Waals surface area contributed by atoms with E-state index >= 15 is 0 Å². The van der Waals surface area contributed by atoms with Crippen molar-refractivity contribution in [2.45, 2.75) is 26.2 Å². The summed E-state index contributed by atoms with van der Waals surface area (Å²) in [7, 11) is 0. The third-order valence-corrected chi connectivity index (χ3v) is 2.98. The van der Waals surface area contributed by atoms with Crippen LogP contribution in [0.3, 0.4) is 0 Å². The van der Waals surface area contributed by atoms with Crippen LogP contribution in [-0.2, 0) is 12.8 Å². The van der Waals surface area contributed by atoms with Crippen molar-refractivity contribution in [1.82, 2.24) is 9.97 Å². The van der Waals surface area contributed by atoms with E-state index in [-0.39, 0.29) is 0 Å². The standard InChI is InChI=1S/C15H18N2/c1-13(11-15-3-2-8-17-12-15)4-5-14-6-9-16-10-7-14/h2-3,6-10,12-13H,4-5,11H2,1H3. The Balaban J connectivity index is 1.80. The quantitative estimate of drug-likeness (QED) is 0.781. The molecule has 0 saturated carbocycles. The fourth-order valence-electron chi connectivity index (χ4n) is 1.99. The molecule has 2 heterocycles. The third kappa shape index (κ3) is 3.99. The molecule has 2 nitrogen and oxygen atoms in total. The van der Waals surface area contributed by atoms with Gasteiger partial charge in [0, 0.05) is 24.8 Å². The lowest BCUT2D eigenvalue weighted by atomic mass is 9.95. The van der Waals surface area contributed by atoms with E-state index in [1.807, 2.05) is 30.9 Å². The van der Waals surface area contributed by atoms with Crippen LogP contribution in [-0.4, -0.2) is 9.97 Å². The SMILES string of the molecule is CC(CCc1ccncc1)Cc1cccnc1. The first-order valence-electron chi connectivity index (χ1n) is 6.12. The molecule has 0 bridgehead atoms. The lowest BCUT2D eigenvalue weighted by Crippen LogP contribution is -2.02. The minimum atomic E-state index is 0.687. The number of aryl methyl sites for hydroxylation is 1. The number of aromatic nitrogens is 2. The van der Waals surface area contributed by atoms with Crippen LogP contribution in [0, 0.1) is 5.92 Å². The van der Waals surface area contributed by atoms with Crippen molar-refractivity contribution in [3.63, 3.8) is 0 Å². The molecule has 0 aliphatic rings. The molecular formula is C15H18N2. The minimum absolute atomic E-state index is 0.687. The van der Waals surface area contributed by atoms with Crippen molar-refractivity contribution in [3.8, 4) is 0 Å². The van der Waals surface area contributed by atoms with E-state index in [0.29, 0.717) is 5.92 Å². The van der Waals surface area contributed by atoms with Crippen LogP contribution in [0.4, 0.5) is 0 Å². The molecule has 0 aromatic carbocycles. The van der Waals surface area contributed by atoms with Crippen LogP contribution in [0.5, 0.6) is 0 Å². The second kappa shape index (κ2) is 6.14. The van der Waals surface area contributed by atoms with Crippen LogP contribution in [0.1, 0.15) is 24.5 Å². The summed E-state index contributed by atoms with van der Waals surface area (Å²) in [5.41, 5.74) is 2.70. The summed E-state index contributed by atoms with van der Waals surface area (Å²) in [6.45, 7) is 2.30. The number of rotatable bonds is 5. The van der Waals surface area contributed by atoms with Crippen LogP contribution in [0.15, 0.2) is 49.1 Å². The molecule has 1 unspecified atom stereocenters. The second-order valence-electron chi connectivity index (χ2n) is 4.56. The van der Waals surface area contributed by atoms with Crippen LogP contribution < -0.4 is 0 Å². The van der Waals surface area contributed by atoms with E-state index in [9.17, 15) is 0 Å². The Hall–Kier alpha value is -1.70. The molecule has 0 saturated heterocycles. The Kier molecular flexibility index (Phi) is 4.25. The van der Waals surface area contributed by atoms with Crippen molar-refractivity contribution in [2.24, 2.45) is 5.92 Å². The van der Waals surface area contributed by atoms with Crippen molar-refractivity contribution in [2.75, 3.05) is 0 Å². The normalized spacial score (nSPS) is 12.3. The Morgan fingerprint density at radius 1 is 1.00 bits per heavy atom. The van der Waals surface area contributed by atoms with Gasteiger partial charge in [0.25, 0.3) is 0 Å². The van der Waals surface area contributed by atoms with E-state index in [1.54, 1.807) is 0 Å². The smallest absolute Gasteiger partial charge is 0.0299 e. The third-order valence-electron chi connectivity index (χ3n) is 2.98. The Morgan fingerprint density at radius 2 is 1.82 bits per heavy atom. The predicted octanol–water partition coefficient (Wildman–Crippen LogP) is 3.29. The van der Waals surface area contributed by atoms with Gasteiger partial charge in [-0.2, -0.15) is 0 Å². The first-order chi connectivity index (χ1) is 8.34. The molecule has 0 aliphatic carbocycles. The van der Waals surface area contributed by atoms with Crippen LogP contribution >= 0.6 is 0 Å². The fourth-order valence-corrected chi connectivity index (χ4v) is 1.99. The number of hydrogen-bond acceptors (Lipinski definition) is 2. The summed E-state index contributed by atoms with van der Waals surface area (Å²) in [6.07, 6.45) is 11.0. The zero-order valence-electron chi connectivity index (χ0n) is 10.2. The molecule has 0 spiro atoms. The van der Waals surface area contributed by atoms with Crippen molar-refractivity contribution < 1.29 is 0 Å². The lowest BCUT2D eigenvalue weighted by molar-refractivity contribution is 0.529. The van der Waals surface area contributed by atoms with Gasteiger partial charge in [-0.1, -0.05) is 13.0 Å². The predicted molar refractivity (Wildman–Crippen MR) is 69.7 cm³/mol. The van der Waals surface area contributed by atoms with Crippen LogP contribution in [0.25, 0.3) is 0 Å². The maximum Gasteiger partial charge on any atom is 0.0299 e. The van der Waals surface area contributed by atoms with E-state index in [0.717, 1.165) is 12.8 Å². The number of hydrogen-bond donors (Lipinski definition) is 0. The first kappa shape index (κ1) is 11.8. The largest absolute Gasteiger partial charge is 0.265 e. The fraction of sp³-hybridized carbons (Fsp3) is 0.333. The highest BCUT2D eigenvalue weighted by Gasteiger charge is 2.04. The molecule has 2 rings (SSSR count). The van der Waals surface area contributed by atoms with E-state index in [4.69, 9.17) is 0 Å². The molecule has 0 amide bonds. The van der Waals surface area contributed by atoms with Gasteiger partial charge in [-0.25, -0.2) is 0 Å². The summed E-state index contributed by atoms with van der Waals surface area (Å²) in [4.78, 5) is 8.18. The average Bonchev–Trinajstić information content (AvgIpc) is 2.39. The molecule has 2 aromatic heterocycles. The van der Waals surface area contributed by atoms with Crippen molar-refractivity contribution in [3.05, 3.63) is 60.2 Å². The summed E-state index contributed by atoms with van der Waals surface area (Å²) in [6, 6.07) is 8.34. The second-order valence-corrected chi connectivity index (χ2v) is 4.56. The summed E-state index contributed by atoms with van der Waals surface area (Å²) >= 11 is 0. The minimum Gasteiger partial charge on any atom is -0.265 e. The molecule has 2 aromatic rings. The van der Waals surface area contributed by atoms with Gasteiger partial charge in [-0.05, 0) is 54.5 Å². The zero-order chi connectivity index (χ0) is 11.9. The van der Waals surface area contributed by atoms with E-state index in [1.165, 1.54) is 17.5 Å². The van der Waals surface area contributed by atoms with Gasteiger partial charge in [0.05, 0.1) is 0 Å². The van der Waals surface area contributed by atoms with Gasteiger partial charge in [0.2, 0.25) is 0 Å². The summed E-state index contributed by atoms with van der Waals surface area (Å²) in [5.74, 6) is 0.687. The maximum absolute atomic E-state index is 4.15. The molecule has 1 atom stereocenters. The number of nitrogens with zero attached hydrogens (tertiary/aromatic N) is 2. The van der Waals surface area contributed by atoms with E-state index < -0.39 is 0 Å². The van der Waals surface area contributed by atoms with Gasteiger partial charge >= 0.3 is 0 Å². The molecule has 17 heavy (non-hydrogen) atoms.